The molecule has 0 spiro atoms. The molecule has 172 valence electrons. The van der Waals surface area contributed by atoms with Crippen molar-refractivity contribution < 1.29 is 19.1 Å². The molecule has 0 aliphatic carbocycles. The molecule has 2 amide bonds. The first-order valence-corrected chi connectivity index (χ1v) is 10.9. The summed E-state index contributed by atoms with van der Waals surface area (Å²) in [6.07, 6.45) is 1.15. The van der Waals surface area contributed by atoms with E-state index in [2.05, 4.69) is 15.2 Å². The Balaban J connectivity index is 1.62. The van der Waals surface area contributed by atoms with Crippen LogP contribution in [0.4, 0.5) is 9.59 Å². The first-order valence-electron chi connectivity index (χ1n) is 10.9. The summed E-state index contributed by atoms with van der Waals surface area (Å²) in [5.74, 6) is 0.442. The van der Waals surface area contributed by atoms with Crippen molar-refractivity contribution in [2.24, 2.45) is 10.7 Å². The minimum absolute atomic E-state index is 0.219. The smallest absolute Gasteiger partial charge is 0.410 e. The van der Waals surface area contributed by atoms with Crippen LogP contribution in [0, 0.1) is 0 Å². The van der Waals surface area contributed by atoms with Gasteiger partial charge in [0.1, 0.15) is 5.60 Å². The summed E-state index contributed by atoms with van der Waals surface area (Å²) in [6, 6.07) is 0.219. The maximum absolute atomic E-state index is 12.1. The average molecular weight is 427 g/mol. The molecule has 3 N–H and O–H groups in total. The molecule has 0 aromatic rings. The highest BCUT2D eigenvalue weighted by molar-refractivity contribution is 5.78. The van der Waals surface area contributed by atoms with E-state index in [1.165, 1.54) is 0 Å². The van der Waals surface area contributed by atoms with Gasteiger partial charge in [0.05, 0.1) is 13.2 Å². The van der Waals surface area contributed by atoms with Crippen LogP contribution in [0.15, 0.2) is 4.99 Å². The predicted octanol–water partition coefficient (Wildman–Crippen LogP) is 1.06. The maximum atomic E-state index is 12.1. The quantitative estimate of drug-likeness (QED) is 0.499. The number of carbonyl (C=O) groups is 2. The minimum Gasteiger partial charge on any atom is -0.450 e. The van der Waals surface area contributed by atoms with Crippen LogP contribution in [0.2, 0.25) is 0 Å². The Labute approximate surface area is 179 Å². The lowest BCUT2D eigenvalue weighted by atomic mass is 10.1. The number of piperidine rings is 1. The molecule has 0 aromatic carbocycles. The number of amides is 2. The van der Waals surface area contributed by atoms with Crippen LogP contribution in [-0.4, -0.2) is 103 Å². The summed E-state index contributed by atoms with van der Waals surface area (Å²) in [7, 11) is 0. The fourth-order valence-electron chi connectivity index (χ4n) is 3.47. The van der Waals surface area contributed by atoms with Gasteiger partial charge in [-0.1, -0.05) is 0 Å². The summed E-state index contributed by atoms with van der Waals surface area (Å²) in [5.41, 5.74) is 5.56. The summed E-state index contributed by atoms with van der Waals surface area (Å²) < 4.78 is 10.5. The monoisotopic (exact) mass is 426 g/mol. The van der Waals surface area contributed by atoms with E-state index in [9.17, 15) is 9.59 Å². The molecule has 30 heavy (non-hydrogen) atoms. The molecule has 0 saturated carbocycles. The largest absolute Gasteiger partial charge is 0.450 e. The number of guanidine groups is 1. The van der Waals surface area contributed by atoms with Gasteiger partial charge in [-0.3, -0.25) is 9.89 Å². The normalized spacial score (nSPS) is 19.5. The van der Waals surface area contributed by atoms with E-state index in [-0.39, 0.29) is 18.2 Å². The van der Waals surface area contributed by atoms with E-state index in [1.807, 2.05) is 27.7 Å². The molecule has 0 unspecified atom stereocenters. The molecule has 2 aliphatic heterocycles. The van der Waals surface area contributed by atoms with Gasteiger partial charge in [-0.2, -0.15) is 0 Å². The highest BCUT2D eigenvalue weighted by Gasteiger charge is 2.26. The van der Waals surface area contributed by atoms with Gasteiger partial charge in [0.2, 0.25) is 0 Å². The van der Waals surface area contributed by atoms with Crippen LogP contribution in [0.1, 0.15) is 40.5 Å². The Morgan fingerprint density at radius 2 is 1.63 bits per heavy atom. The van der Waals surface area contributed by atoms with Crippen molar-refractivity contribution in [3.63, 3.8) is 0 Å². The minimum atomic E-state index is -0.469. The summed E-state index contributed by atoms with van der Waals surface area (Å²) in [5, 5.41) is 3.25. The molecule has 0 radical (unpaired) electrons. The fourth-order valence-corrected chi connectivity index (χ4v) is 3.47. The Morgan fingerprint density at radius 1 is 1.03 bits per heavy atom. The summed E-state index contributed by atoms with van der Waals surface area (Å²) in [6.45, 7) is 13.5. The molecule has 2 fully saturated rings. The molecule has 2 aliphatic rings. The van der Waals surface area contributed by atoms with E-state index in [0.29, 0.717) is 45.3 Å². The zero-order chi connectivity index (χ0) is 22.1. The third-order valence-corrected chi connectivity index (χ3v) is 5.10. The number of aliphatic imine (C=N–C) groups is 1. The zero-order valence-corrected chi connectivity index (χ0v) is 18.9. The first kappa shape index (κ1) is 24.0. The molecule has 0 bridgehead atoms. The van der Waals surface area contributed by atoms with Crippen LogP contribution in [0.5, 0.6) is 0 Å². The summed E-state index contributed by atoms with van der Waals surface area (Å²) >= 11 is 0. The SMILES string of the molecule is CCOC(=O)N1CCC(NC(N)=NCCN2CCN(C(=O)OC(C)(C)C)CC2)CC1. The van der Waals surface area contributed by atoms with Crippen molar-refractivity contribution >= 4 is 18.1 Å². The Bertz CT molecular complexity index is 591. The average Bonchev–Trinajstić information content (AvgIpc) is 2.68. The van der Waals surface area contributed by atoms with Gasteiger partial charge in [0, 0.05) is 51.9 Å². The number of hydrogen-bond acceptors (Lipinski definition) is 6. The number of nitrogens with two attached hydrogens (primary N) is 1. The third kappa shape index (κ3) is 8.25. The molecule has 10 nitrogen and oxygen atoms in total. The van der Waals surface area contributed by atoms with Gasteiger partial charge in [0.15, 0.2) is 5.96 Å². The number of likely N-dealkylation sites (tertiary alicyclic amines) is 1. The Kier molecular flexibility index (Phi) is 9.01. The number of carbonyl (C=O) groups excluding carboxylic acids is 2. The van der Waals surface area contributed by atoms with Gasteiger partial charge in [-0.05, 0) is 40.5 Å². The number of hydrogen-bond donors (Lipinski definition) is 2. The van der Waals surface area contributed by atoms with Crippen LogP contribution in [-0.2, 0) is 9.47 Å². The molecule has 2 saturated heterocycles. The molecular weight excluding hydrogens is 388 g/mol. The number of piperazine rings is 1. The van der Waals surface area contributed by atoms with Crippen molar-refractivity contribution in [1.29, 1.82) is 0 Å². The van der Waals surface area contributed by atoms with E-state index < -0.39 is 5.60 Å². The number of rotatable bonds is 5. The van der Waals surface area contributed by atoms with E-state index in [4.69, 9.17) is 15.2 Å². The van der Waals surface area contributed by atoms with E-state index in [1.54, 1.807) is 9.80 Å². The molecule has 2 rings (SSSR count). The van der Waals surface area contributed by atoms with E-state index >= 15 is 0 Å². The van der Waals surface area contributed by atoms with Gasteiger partial charge < -0.3 is 30.3 Å². The van der Waals surface area contributed by atoms with Crippen LogP contribution >= 0.6 is 0 Å². The highest BCUT2D eigenvalue weighted by atomic mass is 16.6. The first-order chi connectivity index (χ1) is 14.2. The predicted molar refractivity (Wildman–Crippen MR) is 115 cm³/mol. The summed E-state index contributed by atoms with van der Waals surface area (Å²) in [4.78, 5) is 34.0. The molecule has 0 aromatic heterocycles. The van der Waals surface area contributed by atoms with Crippen molar-refractivity contribution in [3.05, 3.63) is 0 Å². The lowest BCUT2D eigenvalue weighted by molar-refractivity contribution is 0.0148. The third-order valence-electron chi connectivity index (χ3n) is 5.10. The molecule has 10 heteroatoms. The lowest BCUT2D eigenvalue weighted by Crippen LogP contribution is -2.50. The van der Waals surface area contributed by atoms with Crippen LogP contribution < -0.4 is 11.1 Å². The fraction of sp³-hybridized carbons (Fsp3) is 0.850. The maximum Gasteiger partial charge on any atom is 0.410 e. The second-order valence-electron chi connectivity index (χ2n) is 8.68. The highest BCUT2D eigenvalue weighted by Crippen LogP contribution is 2.12. The van der Waals surface area contributed by atoms with Crippen LogP contribution in [0.25, 0.3) is 0 Å². The lowest BCUT2D eigenvalue weighted by Gasteiger charge is -2.35. The van der Waals surface area contributed by atoms with E-state index in [0.717, 1.165) is 32.5 Å². The van der Waals surface area contributed by atoms with Gasteiger partial charge in [-0.15, -0.1) is 0 Å². The van der Waals surface area contributed by atoms with Crippen molar-refractivity contribution in [2.45, 2.75) is 52.2 Å². The molecular formula is C20H38N6O4. The number of nitrogens with zero attached hydrogens (tertiary/aromatic N) is 4. The zero-order valence-electron chi connectivity index (χ0n) is 18.9. The van der Waals surface area contributed by atoms with Gasteiger partial charge in [0.25, 0.3) is 0 Å². The van der Waals surface area contributed by atoms with Crippen LogP contribution in [0.3, 0.4) is 0 Å². The Morgan fingerprint density at radius 3 is 2.20 bits per heavy atom. The molecule has 2 heterocycles. The second kappa shape index (κ2) is 11.2. The number of ether oxygens (including phenoxy) is 2. The van der Waals surface area contributed by atoms with Gasteiger partial charge >= 0.3 is 12.2 Å². The second-order valence-corrected chi connectivity index (χ2v) is 8.68. The van der Waals surface area contributed by atoms with Gasteiger partial charge in [-0.25, -0.2) is 9.59 Å². The topological polar surface area (TPSA) is 113 Å². The van der Waals surface area contributed by atoms with Crippen molar-refractivity contribution in [2.75, 3.05) is 59.0 Å². The van der Waals surface area contributed by atoms with Crippen molar-refractivity contribution in [3.8, 4) is 0 Å². The molecule has 0 atom stereocenters. The number of nitrogens with one attached hydrogen (secondary N) is 1. The standard InChI is InChI=1S/C20H38N6O4/c1-5-29-18(27)25-9-6-16(7-10-25)23-17(21)22-8-11-24-12-14-26(15-13-24)19(28)30-20(2,3)4/h16H,5-15H2,1-4H3,(H3,21,22,23). The Hall–Kier alpha value is -2.23. The van der Waals surface area contributed by atoms with Crippen molar-refractivity contribution in [1.82, 2.24) is 20.0 Å².